The fourth-order valence-electron chi connectivity index (χ4n) is 3.36. The minimum absolute atomic E-state index is 0.00780. The zero-order valence-corrected chi connectivity index (χ0v) is 13.3. The number of hydrogen-bond acceptors (Lipinski definition) is 3. The summed E-state index contributed by atoms with van der Waals surface area (Å²) in [6.07, 6.45) is 4.30. The van der Waals surface area contributed by atoms with E-state index in [0.717, 1.165) is 32.1 Å². The van der Waals surface area contributed by atoms with Gasteiger partial charge in [0, 0.05) is 12.3 Å². The Morgan fingerprint density at radius 2 is 2.00 bits per heavy atom. The lowest BCUT2D eigenvalue weighted by atomic mass is 9.98. The number of rotatable bonds is 5. The molecule has 21 heavy (non-hydrogen) atoms. The summed E-state index contributed by atoms with van der Waals surface area (Å²) in [6, 6.07) is 0. The van der Waals surface area contributed by atoms with Crippen molar-refractivity contribution in [2.24, 2.45) is 5.92 Å². The topological polar surface area (TPSA) is 32.3 Å². The Morgan fingerprint density at radius 1 is 1.38 bits per heavy atom. The summed E-state index contributed by atoms with van der Waals surface area (Å²) in [5.74, 6) is 0.305. The largest absolute Gasteiger partial charge is 0.441 e. The van der Waals surface area contributed by atoms with Gasteiger partial charge in [0.25, 0.3) is 0 Å². The summed E-state index contributed by atoms with van der Waals surface area (Å²) in [5, 5.41) is 3.43. The molecular formula is C14H23F3N2OS. The lowest BCUT2D eigenvalue weighted by Gasteiger charge is -2.25. The fraction of sp³-hybridized carbons (Fsp3) is 0.929. The van der Waals surface area contributed by atoms with E-state index < -0.39 is 11.0 Å². The second-order valence-corrected chi connectivity index (χ2v) is 7.53. The van der Waals surface area contributed by atoms with Gasteiger partial charge in [-0.3, -0.25) is 10.1 Å². The van der Waals surface area contributed by atoms with E-state index in [-0.39, 0.29) is 36.1 Å². The highest BCUT2D eigenvalue weighted by Gasteiger charge is 2.52. The summed E-state index contributed by atoms with van der Waals surface area (Å²) in [4.78, 5) is 14.3. The Morgan fingerprint density at radius 3 is 2.52 bits per heavy atom. The van der Waals surface area contributed by atoms with Crippen molar-refractivity contribution in [3.05, 3.63) is 0 Å². The SMILES string of the molecule is CC(C)CC1NC2(CCCC2)C(=O)N1CCSC(F)(F)F. The first-order chi connectivity index (χ1) is 9.73. The van der Waals surface area contributed by atoms with Crippen LogP contribution in [0.5, 0.6) is 0 Å². The van der Waals surface area contributed by atoms with Crippen LogP contribution in [0.1, 0.15) is 46.0 Å². The van der Waals surface area contributed by atoms with Crippen LogP contribution < -0.4 is 5.32 Å². The third-order valence-corrected chi connectivity index (χ3v) is 4.95. The fourth-order valence-corrected chi connectivity index (χ4v) is 3.88. The highest BCUT2D eigenvalue weighted by atomic mass is 32.2. The lowest BCUT2D eigenvalue weighted by Crippen LogP contribution is -2.44. The van der Waals surface area contributed by atoms with Crippen LogP contribution in [0.15, 0.2) is 0 Å². The summed E-state index contributed by atoms with van der Waals surface area (Å²) >= 11 is -0.0473. The first kappa shape index (κ1) is 16.9. The van der Waals surface area contributed by atoms with E-state index in [1.165, 1.54) is 0 Å². The number of nitrogens with zero attached hydrogens (tertiary/aromatic N) is 1. The van der Waals surface area contributed by atoms with Crippen LogP contribution in [0, 0.1) is 5.92 Å². The molecule has 2 rings (SSSR count). The molecule has 2 aliphatic rings. The molecule has 0 aromatic carbocycles. The van der Waals surface area contributed by atoms with Gasteiger partial charge in [-0.15, -0.1) is 0 Å². The standard InChI is InChI=1S/C14H23F3N2OS/c1-10(2)9-11-18-13(5-3-4-6-13)12(20)19(11)7-8-21-14(15,16)17/h10-11,18H,3-9H2,1-2H3. The van der Waals surface area contributed by atoms with E-state index in [2.05, 4.69) is 19.2 Å². The normalized spacial score (nSPS) is 25.5. The van der Waals surface area contributed by atoms with Gasteiger partial charge in [-0.25, -0.2) is 0 Å². The molecule has 1 spiro atoms. The van der Waals surface area contributed by atoms with Crippen LogP contribution in [0.2, 0.25) is 0 Å². The van der Waals surface area contributed by atoms with Crippen molar-refractivity contribution in [1.29, 1.82) is 0 Å². The molecule has 2 fully saturated rings. The molecule has 1 heterocycles. The van der Waals surface area contributed by atoms with Crippen LogP contribution in [0.25, 0.3) is 0 Å². The van der Waals surface area contributed by atoms with Gasteiger partial charge < -0.3 is 4.90 Å². The highest BCUT2D eigenvalue weighted by molar-refractivity contribution is 8.00. The number of carbonyl (C=O) groups is 1. The van der Waals surface area contributed by atoms with Gasteiger partial charge in [0.1, 0.15) is 0 Å². The molecule has 1 N–H and O–H groups in total. The van der Waals surface area contributed by atoms with Gasteiger partial charge in [-0.2, -0.15) is 13.2 Å². The molecule has 0 radical (unpaired) electrons. The van der Waals surface area contributed by atoms with Gasteiger partial charge >= 0.3 is 5.51 Å². The molecular weight excluding hydrogens is 301 g/mol. The van der Waals surface area contributed by atoms with Crippen LogP contribution in [0.4, 0.5) is 13.2 Å². The van der Waals surface area contributed by atoms with Gasteiger partial charge in [0.05, 0.1) is 11.7 Å². The molecule has 1 unspecified atom stereocenters. The Kier molecular flexibility index (Phi) is 5.13. The van der Waals surface area contributed by atoms with Crippen molar-refractivity contribution in [1.82, 2.24) is 10.2 Å². The molecule has 1 aliphatic heterocycles. The zero-order valence-electron chi connectivity index (χ0n) is 12.5. The number of amides is 1. The highest BCUT2D eigenvalue weighted by Crippen LogP contribution is 2.38. The number of alkyl halides is 3. The zero-order chi connectivity index (χ0) is 15.7. The quantitative estimate of drug-likeness (QED) is 0.842. The molecule has 1 amide bonds. The molecule has 3 nitrogen and oxygen atoms in total. The van der Waals surface area contributed by atoms with E-state index in [9.17, 15) is 18.0 Å². The van der Waals surface area contributed by atoms with Crippen LogP contribution >= 0.6 is 11.8 Å². The van der Waals surface area contributed by atoms with Gasteiger partial charge in [0.15, 0.2) is 0 Å². The molecule has 122 valence electrons. The molecule has 1 saturated heterocycles. The molecule has 1 aliphatic carbocycles. The number of hydrogen-bond donors (Lipinski definition) is 1. The summed E-state index contributed by atoms with van der Waals surface area (Å²) in [6.45, 7) is 4.29. The van der Waals surface area contributed by atoms with Crippen molar-refractivity contribution in [2.45, 2.75) is 63.2 Å². The van der Waals surface area contributed by atoms with Gasteiger partial charge in [-0.1, -0.05) is 26.7 Å². The van der Waals surface area contributed by atoms with E-state index in [1.54, 1.807) is 4.90 Å². The average Bonchev–Trinajstić information content (AvgIpc) is 2.89. The molecule has 1 saturated carbocycles. The van der Waals surface area contributed by atoms with Crippen molar-refractivity contribution in [3.8, 4) is 0 Å². The maximum Gasteiger partial charge on any atom is 0.441 e. The predicted octanol–water partition coefficient (Wildman–Crippen LogP) is 3.36. The van der Waals surface area contributed by atoms with Crippen molar-refractivity contribution in [2.75, 3.05) is 12.3 Å². The molecule has 0 aromatic rings. The average molecular weight is 324 g/mol. The Balaban J connectivity index is 2.02. The van der Waals surface area contributed by atoms with E-state index in [1.807, 2.05) is 0 Å². The first-order valence-corrected chi connectivity index (χ1v) is 8.51. The monoisotopic (exact) mass is 324 g/mol. The smallest absolute Gasteiger partial charge is 0.325 e. The van der Waals surface area contributed by atoms with Crippen LogP contribution in [0.3, 0.4) is 0 Å². The molecule has 1 atom stereocenters. The summed E-state index contributed by atoms with van der Waals surface area (Å²) in [5.41, 5.74) is -4.72. The maximum atomic E-state index is 12.6. The number of carbonyl (C=O) groups excluding carboxylic acids is 1. The number of halogens is 3. The van der Waals surface area contributed by atoms with Crippen LogP contribution in [-0.2, 0) is 4.79 Å². The third-order valence-electron chi connectivity index (χ3n) is 4.24. The van der Waals surface area contributed by atoms with E-state index in [0.29, 0.717) is 5.92 Å². The maximum absolute atomic E-state index is 12.6. The van der Waals surface area contributed by atoms with Gasteiger partial charge in [0.2, 0.25) is 5.91 Å². The molecule has 0 aromatic heterocycles. The van der Waals surface area contributed by atoms with Gasteiger partial charge in [-0.05, 0) is 36.9 Å². The van der Waals surface area contributed by atoms with E-state index in [4.69, 9.17) is 0 Å². The minimum atomic E-state index is -4.23. The van der Waals surface area contributed by atoms with Crippen molar-refractivity contribution in [3.63, 3.8) is 0 Å². The molecule has 0 bridgehead atoms. The number of nitrogens with one attached hydrogen (secondary N) is 1. The number of thioether (sulfide) groups is 1. The Hall–Kier alpha value is -0.430. The van der Waals surface area contributed by atoms with Crippen molar-refractivity contribution < 1.29 is 18.0 Å². The molecule has 7 heteroatoms. The minimum Gasteiger partial charge on any atom is -0.325 e. The summed E-state index contributed by atoms with van der Waals surface area (Å²) < 4.78 is 36.8. The second kappa shape index (κ2) is 6.36. The summed E-state index contributed by atoms with van der Waals surface area (Å²) in [7, 11) is 0. The van der Waals surface area contributed by atoms with E-state index >= 15 is 0 Å². The first-order valence-electron chi connectivity index (χ1n) is 7.53. The second-order valence-electron chi connectivity index (χ2n) is 6.37. The predicted molar refractivity (Wildman–Crippen MR) is 77.8 cm³/mol. The Labute approximate surface area is 128 Å². The van der Waals surface area contributed by atoms with Crippen molar-refractivity contribution >= 4 is 17.7 Å². The lowest BCUT2D eigenvalue weighted by molar-refractivity contribution is -0.133. The van der Waals surface area contributed by atoms with Crippen LogP contribution in [-0.4, -0.2) is 40.3 Å². The third kappa shape index (κ3) is 4.06. The Bertz CT molecular complexity index is 381.